The summed E-state index contributed by atoms with van der Waals surface area (Å²) in [5.41, 5.74) is 4.38. The Bertz CT molecular complexity index is 1890. The van der Waals surface area contributed by atoms with E-state index in [9.17, 15) is 41.2 Å². The van der Waals surface area contributed by atoms with Crippen LogP contribution in [0, 0.1) is 10.1 Å². The number of phenolic OH excluding ortho intramolecular Hbond substituents is 1. The number of anilines is 1. The molecule has 17 heteroatoms. The van der Waals surface area contributed by atoms with Gasteiger partial charge in [-0.3, -0.25) is 19.2 Å². The highest BCUT2D eigenvalue weighted by molar-refractivity contribution is 7.89. The van der Waals surface area contributed by atoms with Crippen molar-refractivity contribution in [2.75, 3.05) is 5.73 Å². The van der Waals surface area contributed by atoms with Gasteiger partial charge in [-0.05, 0) is 30.3 Å². The Hall–Kier alpha value is -4.84. The molecule has 0 saturated heterocycles. The lowest BCUT2D eigenvalue weighted by molar-refractivity contribution is -0.384. The van der Waals surface area contributed by atoms with E-state index < -0.39 is 62.8 Å². The zero-order valence-electron chi connectivity index (χ0n) is 19.3. The molecule has 15 nitrogen and oxygen atoms in total. The highest BCUT2D eigenvalue weighted by Gasteiger charge is 2.34. The minimum absolute atomic E-state index is 0.0515. The van der Waals surface area contributed by atoms with Gasteiger partial charge in [-0.15, -0.1) is 10.2 Å². The van der Waals surface area contributed by atoms with E-state index in [4.69, 9.17) is 5.73 Å². The van der Waals surface area contributed by atoms with Crippen LogP contribution in [0.4, 0.5) is 34.1 Å². The molecule has 0 unspecified atom stereocenters. The third kappa shape index (κ3) is 5.55. The molecule has 5 N–H and O–H groups in total. The number of benzene rings is 4. The molecule has 0 fully saturated rings. The van der Waals surface area contributed by atoms with E-state index in [0.717, 1.165) is 36.4 Å². The number of rotatable bonds is 7. The molecule has 0 radical (unpaired) electrons. The monoisotopic (exact) mass is 572 g/mol. The highest BCUT2D eigenvalue weighted by atomic mass is 32.2. The van der Waals surface area contributed by atoms with Crippen LogP contribution in [0.5, 0.6) is 5.75 Å². The van der Waals surface area contributed by atoms with E-state index in [1.807, 2.05) is 0 Å². The first-order valence-corrected chi connectivity index (χ1v) is 13.4. The van der Waals surface area contributed by atoms with Crippen LogP contribution < -0.4 is 5.73 Å². The van der Waals surface area contributed by atoms with Crippen molar-refractivity contribution >= 4 is 65.1 Å². The molecule has 0 saturated carbocycles. The van der Waals surface area contributed by atoms with Crippen molar-refractivity contribution in [2.45, 2.75) is 9.79 Å². The second-order valence-electron chi connectivity index (χ2n) is 7.74. The molecule has 4 rings (SSSR count). The van der Waals surface area contributed by atoms with Gasteiger partial charge >= 0.3 is 0 Å². The number of hydrogen-bond acceptors (Lipinski definition) is 12. The van der Waals surface area contributed by atoms with Gasteiger partial charge in [0.2, 0.25) is 0 Å². The molecule has 0 aliphatic rings. The van der Waals surface area contributed by atoms with Crippen molar-refractivity contribution in [3.8, 4) is 5.75 Å². The van der Waals surface area contributed by atoms with Gasteiger partial charge in [-0.25, -0.2) is 0 Å². The maximum atomic E-state index is 12.3. The third-order valence-corrected chi connectivity index (χ3v) is 7.20. The Balaban J connectivity index is 2.03. The van der Waals surface area contributed by atoms with Gasteiger partial charge in [0, 0.05) is 17.5 Å². The molecule has 4 aromatic carbocycles. The zero-order valence-corrected chi connectivity index (χ0v) is 20.9. The maximum absolute atomic E-state index is 12.3. The molecule has 4 aromatic rings. The minimum Gasteiger partial charge on any atom is -0.505 e. The first kappa shape index (κ1) is 27.2. The summed E-state index contributed by atoms with van der Waals surface area (Å²) >= 11 is 0. The van der Waals surface area contributed by atoms with Crippen LogP contribution in [0.2, 0.25) is 0 Å². The Labute approximate surface area is 219 Å². The lowest BCUT2D eigenvalue weighted by Gasteiger charge is -2.16. The van der Waals surface area contributed by atoms with Gasteiger partial charge in [-0.1, -0.05) is 24.3 Å². The summed E-state index contributed by atoms with van der Waals surface area (Å²) < 4.78 is 69.1. The molecular formula is C22H16N6O9S2. The number of nitrogens with two attached hydrogens (primary N) is 1. The van der Waals surface area contributed by atoms with Crippen LogP contribution in [0.25, 0.3) is 10.8 Å². The quantitative estimate of drug-likeness (QED) is 0.0725. The number of aromatic hydroxyl groups is 1. The van der Waals surface area contributed by atoms with E-state index >= 15 is 0 Å². The molecule has 0 spiro atoms. The number of nitrogen functional groups attached to an aromatic ring is 1. The Morgan fingerprint density at radius 2 is 1.31 bits per heavy atom. The number of phenols is 1. The SMILES string of the molecule is Nc1c(N=Nc2ccc([N+](=O)[O-])cc2)c(S(=O)(=O)O)c(S(=O)(=O)O)c2ccc(N=Nc3ccccc3)c(O)c12. The summed E-state index contributed by atoms with van der Waals surface area (Å²) in [4.78, 5) is 7.45. The molecule has 0 aromatic heterocycles. The normalized spacial score (nSPS) is 12.5. The summed E-state index contributed by atoms with van der Waals surface area (Å²) in [6.07, 6.45) is 0. The topological polar surface area (TPSA) is 248 Å². The van der Waals surface area contributed by atoms with Crippen LogP contribution in [-0.4, -0.2) is 36.0 Å². The van der Waals surface area contributed by atoms with Crippen molar-refractivity contribution < 1.29 is 36.0 Å². The predicted octanol–water partition coefficient (Wildman–Crippen LogP) is 5.36. The Kier molecular flexibility index (Phi) is 7.07. The fourth-order valence-electron chi connectivity index (χ4n) is 3.54. The summed E-state index contributed by atoms with van der Waals surface area (Å²) in [5, 5.41) is 35.9. The fourth-order valence-corrected chi connectivity index (χ4v) is 5.69. The van der Waals surface area contributed by atoms with Crippen LogP contribution in [0.1, 0.15) is 0 Å². The van der Waals surface area contributed by atoms with Crippen molar-refractivity contribution in [1.82, 2.24) is 0 Å². The van der Waals surface area contributed by atoms with Gasteiger partial charge in [0.15, 0.2) is 5.75 Å². The average molecular weight is 573 g/mol. The molecule has 0 amide bonds. The molecule has 0 atom stereocenters. The van der Waals surface area contributed by atoms with Crippen LogP contribution in [-0.2, 0) is 20.2 Å². The summed E-state index contributed by atoms with van der Waals surface area (Å²) in [6.45, 7) is 0. The average Bonchev–Trinajstić information content (AvgIpc) is 2.86. The smallest absolute Gasteiger partial charge is 0.298 e. The van der Waals surface area contributed by atoms with E-state index in [-0.39, 0.29) is 17.1 Å². The van der Waals surface area contributed by atoms with E-state index in [0.29, 0.717) is 5.69 Å². The van der Waals surface area contributed by atoms with Gasteiger partial charge in [0.05, 0.1) is 27.4 Å². The number of non-ortho nitro benzene ring substituents is 1. The third-order valence-electron chi connectivity index (χ3n) is 5.22. The Morgan fingerprint density at radius 1 is 0.744 bits per heavy atom. The van der Waals surface area contributed by atoms with E-state index in [1.54, 1.807) is 30.3 Å². The molecule has 0 aliphatic heterocycles. The number of nitro benzene ring substituents is 1. The van der Waals surface area contributed by atoms with Crippen molar-refractivity contribution in [2.24, 2.45) is 20.5 Å². The fraction of sp³-hybridized carbons (Fsp3) is 0. The number of fused-ring (bicyclic) bond motifs is 1. The molecule has 0 aliphatic carbocycles. The van der Waals surface area contributed by atoms with Gasteiger partial charge < -0.3 is 10.8 Å². The summed E-state index contributed by atoms with van der Waals surface area (Å²) in [5.74, 6) is -0.747. The van der Waals surface area contributed by atoms with Crippen molar-refractivity contribution in [3.63, 3.8) is 0 Å². The standard InChI is InChI=1S/C22H16N6O9S2/c23-18-17-15(10-11-16(20(17)29)26-24-12-4-2-1-3-5-12)21(38(32,33)34)22(39(35,36)37)19(18)27-25-13-6-8-14(9-7-13)28(30)31/h1-11,29H,23H2,(H,32,33,34)(H,35,36,37). The second kappa shape index (κ2) is 10.1. The second-order valence-corrected chi connectivity index (χ2v) is 10.5. The van der Waals surface area contributed by atoms with Crippen LogP contribution >= 0.6 is 0 Å². The number of nitro groups is 1. The van der Waals surface area contributed by atoms with Crippen LogP contribution in [0.15, 0.2) is 97.0 Å². The van der Waals surface area contributed by atoms with Crippen molar-refractivity contribution in [1.29, 1.82) is 0 Å². The lowest BCUT2D eigenvalue weighted by atomic mass is 10.0. The zero-order chi connectivity index (χ0) is 28.5. The maximum Gasteiger partial charge on any atom is 0.298 e. The first-order valence-electron chi connectivity index (χ1n) is 10.5. The predicted molar refractivity (Wildman–Crippen MR) is 138 cm³/mol. The molecular weight excluding hydrogens is 556 g/mol. The van der Waals surface area contributed by atoms with Crippen molar-refractivity contribution in [3.05, 3.63) is 76.8 Å². The van der Waals surface area contributed by atoms with Gasteiger partial charge in [0.1, 0.15) is 21.2 Å². The van der Waals surface area contributed by atoms with Gasteiger partial charge in [-0.2, -0.15) is 27.1 Å². The lowest BCUT2D eigenvalue weighted by Crippen LogP contribution is -2.11. The minimum atomic E-state index is -5.44. The number of hydrogen-bond donors (Lipinski definition) is 4. The summed E-state index contributed by atoms with van der Waals surface area (Å²) in [7, 11) is -10.8. The largest absolute Gasteiger partial charge is 0.505 e. The summed E-state index contributed by atoms with van der Waals surface area (Å²) in [6, 6.07) is 14.9. The van der Waals surface area contributed by atoms with Crippen LogP contribution in [0.3, 0.4) is 0 Å². The molecule has 200 valence electrons. The highest BCUT2D eigenvalue weighted by Crippen LogP contribution is 2.49. The molecule has 0 bridgehead atoms. The Morgan fingerprint density at radius 3 is 1.87 bits per heavy atom. The first-order chi connectivity index (χ1) is 18.3. The van der Waals surface area contributed by atoms with Gasteiger partial charge in [0.25, 0.3) is 25.9 Å². The number of azo groups is 2. The van der Waals surface area contributed by atoms with E-state index in [2.05, 4.69) is 20.5 Å². The molecule has 0 heterocycles. The molecule has 39 heavy (non-hydrogen) atoms. The number of nitrogens with zero attached hydrogens (tertiary/aromatic N) is 5. The van der Waals surface area contributed by atoms with E-state index in [1.165, 1.54) is 0 Å².